The van der Waals surface area contributed by atoms with Gasteiger partial charge in [-0.2, -0.15) is 0 Å². The quantitative estimate of drug-likeness (QED) is 0.816. The van der Waals surface area contributed by atoms with Gasteiger partial charge < -0.3 is 10.5 Å². The van der Waals surface area contributed by atoms with Crippen LogP contribution >= 0.6 is 0 Å². The largest absolute Gasteiger partial charge is 0.382 e. The van der Waals surface area contributed by atoms with E-state index in [0.29, 0.717) is 43.8 Å². The minimum atomic E-state index is -3.08. The van der Waals surface area contributed by atoms with Crippen LogP contribution in [0.15, 0.2) is 12.4 Å². The highest BCUT2D eigenvalue weighted by Gasteiger charge is 2.33. The fourth-order valence-electron chi connectivity index (χ4n) is 3.31. The van der Waals surface area contributed by atoms with Crippen LogP contribution < -0.4 is 5.73 Å². The molecule has 9 heteroatoms. The topological polar surface area (TPSA) is 102 Å². The zero-order valence-electron chi connectivity index (χ0n) is 13.3. The van der Waals surface area contributed by atoms with Gasteiger partial charge in [0.15, 0.2) is 0 Å². The molecule has 8 nitrogen and oxygen atoms in total. The van der Waals surface area contributed by atoms with Crippen molar-refractivity contribution in [3.63, 3.8) is 0 Å². The van der Waals surface area contributed by atoms with Crippen molar-refractivity contribution in [2.45, 2.75) is 25.0 Å². The van der Waals surface area contributed by atoms with Gasteiger partial charge in [-0.1, -0.05) is 0 Å². The Morgan fingerprint density at radius 1 is 1.22 bits per heavy atom. The van der Waals surface area contributed by atoms with Gasteiger partial charge >= 0.3 is 0 Å². The average Bonchev–Trinajstić information content (AvgIpc) is 2.55. The molecule has 0 bridgehead atoms. The van der Waals surface area contributed by atoms with Gasteiger partial charge in [-0.15, -0.1) is 0 Å². The van der Waals surface area contributed by atoms with Crippen LogP contribution in [-0.2, 0) is 14.8 Å². The summed E-state index contributed by atoms with van der Waals surface area (Å²) in [6.07, 6.45) is 5.98. The lowest BCUT2D eigenvalue weighted by atomic mass is 10.0. The first-order valence-electron chi connectivity index (χ1n) is 7.82. The molecule has 3 heterocycles. The smallest absolute Gasteiger partial charge is 0.211 e. The number of rotatable bonds is 3. The van der Waals surface area contributed by atoms with Crippen molar-refractivity contribution in [1.29, 1.82) is 0 Å². The van der Waals surface area contributed by atoms with Crippen molar-refractivity contribution in [2.24, 2.45) is 0 Å². The van der Waals surface area contributed by atoms with Crippen LogP contribution in [0, 0.1) is 0 Å². The van der Waals surface area contributed by atoms with Crippen LogP contribution in [0.4, 0.5) is 5.82 Å². The van der Waals surface area contributed by atoms with Crippen molar-refractivity contribution >= 4 is 15.8 Å². The molecule has 0 unspecified atom stereocenters. The number of aromatic nitrogens is 2. The van der Waals surface area contributed by atoms with E-state index in [4.69, 9.17) is 10.5 Å². The Bertz CT molecular complexity index is 646. The summed E-state index contributed by atoms with van der Waals surface area (Å²) in [6.45, 7) is 3.34. The fourth-order valence-corrected chi connectivity index (χ4v) is 4.19. The number of anilines is 1. The zero-order valence-corrected chi connectivity index (χ0v) is 14.1. The van der Waals surface area contributed by atoms with Crippen molar-refractivity contribution in [1.82, 2.24) is 19.2 Å². The van der Waals surface area contributed by atoms with Gasteiger partial charge in [0.1, 0.15) is 17.6 Å². The lowest BCUT2D eigenvalue weighted by molar-refractivity contribution is -0.0525. The molecule has 0 radical (unpaired) electrons. The third-order valence-corrected chi connectivity index (χ3v) is 5.87. The molecule has 0 amide bonds. The van der Waals surface area contributed by atoms with Crippen molar-refractivity contribution in [3.05, 3.63) is 18.1 Å². The molecule has 2 aliphatic rings. The third-order valence-electron chi connectivity index (χ3n) is 4.57. The van der Waals surface area contributed by atoms with Gasteiger partial charge in [0.25, 0.3) is 0 Å². The van der Waals surface area contributed by atoms with E-state index >= 15 is 0 Å². The first-order chi connectivity index (χ1) is 10.9. The molecule has 0 aromatic carbocycles. The fraction of sp³-hybridized carbons (Fsp3) is 0.714. The summed E-state index contributed by atoms with van der Waals surface area (Å²) < 4.78 is 30.6. The highest BCUT2D eigenvalue weighted by molar-refractivity contribution is 7.88. The lowest BCUT2D eigenvalue weighted by Gasteiger charge is -2.41. The molecule has 1 atom stereocenters. The van der Waals surface area contributed by atoms with Crippen LogP contribution in [0.25, 0.3) is 0 Å². The number of ether oxygens (including phenoxy) is 1. The predicted molar refractivity (Wildman–Crippen MR) is 86.1 cm³/mol. The van der Waals surface area contributed by atoms with Crippen LogP contribution in [0.2, 0.25) is 0 Å². The van der Waals surface area contributed by atoms with Gasteiger partial charge in [0, 0.05) is 44.6 Å². The highest BCUT2D eigenvalue weighted by Crippen LogP contribution is 2.27. The first kappa shape index (κ1) is 16.6. The lowest BCUT2D eigenvalue weighted by Crippen LogP contribution is -2.50. The van der Waals surface area contributed by atoms with E-state index in [2.05, 4.69) is 14.9 Å². The maximum absolute atomic E-state index is 11.6. The van der Waals surface area contributed by atoms with E-state index in [0.717, 1.165) is 19.4 Å². The molecule has 23 heavy (non-hydrogen) atoms. The number of morpholine rings is 1. The first-order valence-corrected chi connectivity index (χ1v) is 9.67. The van der Waals surface area contributed by atoms with Crippen LogP contribution in [0.3, 0.4) is 0 Å². The summed E-state index contributed by atoms with van der Waals surface area (Å²) in [5.74, 6) is 0.409. The number of hydrogen-bond acceptors (Lipinski definition) is 7. The molecule has 1 aromatic heterocycles. The molecule has 2 aliphatic heterocycles. The van der Waals surface area contributed by atoms with Crippen LogP contribution in [0.5, 0.6) is 0 Å². The molecule has 1 aromatic rings. The third kappa shape index (κ3) is 3.79. The maximum Gasteiger partial charge on any atom is 0.211 e. The summed E-state index contributed by atoms with van der Waals surface area (Å²) in [5, 5.41) is 0. The Hall–Kier alpha value is -1.29. The van der Waals surface area contributed by atoms with Crippen molar-refractivity contribution < 1.29 is 13.2 Å². The van der Waals surface area contributed by atoms with E-state index in [1.807, 2.05) is 0 Å². The van der Waals surface area contributed by atoms with E-state index in [1.54, 1.807) is 16.7 Å². The number of hydrogen-bond donors (Lipinski definition) is 1. The zero-order chi connectivity index (χ0) is 16.4. The molecular formula is C14H23N5O3S. The molecule has 2 N–H and O–H groups in total. The summed E-state index contributed by atoms with van der Waals surface area (Å²) in [4.78, 5) is 10.7. The van der Waals surface area contributed by atoms with Crippen LogP contribution in [0.1, 0.15) is 24.6 Å². The van der Waals surface area contributed by atoms with Gasteiger partial charge in [-0.3, -0.25) is 9.88 Å². The number of nitrogen functional groups attached to an aromatic ring is 1. The summed E-state index contributed by atoms with van der Waals surface area (Å²) >= 11 is 0. The molecule has 3 rings (SSSR count). The van der Waals surface area contributed by atoms with Gasteiger partial charge in [-0.05, 0) is 12.8 Å². The van der Waals surface area contributed by atoms with Gasteiger partial charge in [-0.25, -0.2) is 17.7 Å². The van der Waals surface area contributed by atoms with E-state index in [1.165, 1.54) is 6.26 Å². The Kier molecular flexibility index (Phi) is 4.81. The Labute approximate surface area is 136 Å². The Morgan fingerprint density at radius 2 is 1.91 bits per heavy atom. The SMILES string of the molecule is CS(=O)(=O)N1CCC(N2CCO[C@H](c3nccnc3N)C2)CC1. The molecular weight excluding hydrogens is 318 g/mol. The summed E-state index contributed by atoms with van der Waals surface area (Å²) in [5.41, 5.74) is 6.58. The highest BCUT2D eigenvalue weighted by atomic mass is 32.2. The van der Waals surface area contributed by atoms with E-state index in [-0.39, 0.29) is 6.10 Å². The molecule has 128 valence electrons. The van der Waals surface area contributed by atoms with E-state index < -0.39 is 10.0 Å². The minimum absolute atomic E-state index is 0.176. The van der Waals surface area contributed by atoms with Crippen molar-refractivity contribution in [3.8, 4) is 0 Å². The van der Waals surface area contributed by atoms with E-state index in [9.17, 15) is 8.42 Å². The molecule has 2 saturated heterocycles. The van der Waals surface area contributed by atoms with Gasteiger partial charge in [0.2, 0.25) is 10.0 Å². The summed E-state index contributed by atoms with van der Waals surface area (Å²) in [7, 11) is -3.08. The monoisotopic (exact) mass is 341 g/mol. The second kappa shape index (κ2) is 6.68. The Morgan fingerprint density at radius 3 is 2.57 bits per heavy atom. The standard InChI is InChI=1S/C14H23N5O3S/c1-23(20,21)19-6-2-11(3-7-19)18-8-9-22-12(10-18)13-14(15)17-5-4-16-13/h4-5,11-12H,2-3,6-10H2,1H3,(H2,15,17)/t12-/m0/s1. The number of piperidine rings is 1. The van der Waals surface area contributed by atoms with Crippen molar-refractivity contribution in [2.75, 3.05) is 44.8 Å². The number of nitrogens with two attached hydrogens (primary N) is 1. The normalized spacial score (nSPS) is 25.5. The van der Waals surface area contributed by atoms with Gasteiger partial charge in [0.05, 0.1) is 12.9 Å². The number of nitrogens with zero attached hydrogens (tertiary/aromatic N) is 4. The maximum atomic E-state index is 11.6. The molecule has 0 aliphatic carbocycles. The minimum Gasteiger partial charge on any atom is -0.382 e. The summed E-state index contributed by atoms with van der Waals surface area (Å²) in [6, 6.07) is 0.372. The molecule has 0 saturated carbocycles. The predicted octanol–water partition coefficient (Wildman–Crippen LogP) is -0.144. The van der Waals surface area contributed by atoms with Crippen LogP contribution in [-0.4, -0.2) is 72.7 Å². The molecule has 2 fully saturated rings. The molecule has 0 spiro atoms. The Balaban J connectivity index is 1.63. The average molecular weight is 341 g/mol. The second-order valence-electron chi connectivity index (χ2n) is 6.07. The number of sulfonamides is 1. The second-order valence-corrected chi connectivity index (χ2v) is 8.06.